The van der Waals surface area contributed by atoms with Crippen molar-refractivity contribution in [2.45, 2.75) is 58.6 Å². The van der Waals surface area contributed by atoms with E-state index in [9.17, 15) is 9.59 Å². The Balaban J connectivity index is 0.00000441. The van der Waals surface area contributed by atoms with E-state index in [1.165, 1.54) is 0 Å². The van der Waals surface area contributed by atoms with Crippen molar-refractivity contribution in [2.24, 2.45) is 11.1 Å². The predicted molar refractivity (Wildman–Crippen MR) is 88.9 cm³/mol. The maximum Gasteiger partial charge on any atom is 0.240 e. The van der Waals surface area contributed by atoms with Crippen molar-refractivity contribution in [1.29, 1.82) is 0 Å². The normalized spacial score (nSPS) is 25.6. The van der Waals surface area contributed by atoms with Crippen LogP contribution >= 0.6 is 12.4 Å². The van der Waals surface area contributed by atoms with Crippen molar-refractivity contribution in [2.75, 3.05) is 19.7 Å². The second kappa shape index (κ2) is 8.70. The molecule has 0 aromatic heterocycles. The molecule has 7 heteroatoms. The first-order chi connectivity index (χ1) is 9.79. The van der Waals surface area contributed by atoms with Gasteiger partial charge in [-0.3, -0.25) is 9.59 Å². The average molecular weight is 336 g/mol. The molecule has 2 unspecified atom stereocenters. The van der Waals surface area contributed by atoms with E-state index in [0.717, 1.165) is 6.42 Å². The Morgan fingerprint density at radius 1 is 1.23 bits per heavy atom. The third-order valence-electron chi connectivity index (χ3n) is 4.44. The van der Waals surface area contributed by atoms with Crippen molar-refractivity contribution in [3.8, 4) is 0 Å². The van der Waals surface area contributed by atoms with Crippen molar-refractivity contribution in [3.63, 3.8) is 0 Å². The van der Waals surface area contributed by atoms with E-state index in [0.29, 0.717) is 26.1 Å². The van der Waals surface area contributed by atoms with Gasteiger partial charge >= 0.3 is 0 Å². The Hall–Kier alpha value is -0.850. The third kappa shape index (κ3) is 4.33. The van der Waals surface area contributed by atoms with E-state index in [-0.39, 0.29) is 36.7 Å². The molecule has 0 spiro atoms. The van der Waals surface area contributed by atoms with Crippen LogP contribution in [0.1, 0.15) is 47.0 Å². The highest BCUT2D eigenvalue weighted by molar-refractivity contribution is 5.89. The number of hydrogen-bond acceptors (Lipinski definition) is 4. The molecule has 130 valence electrons. The number of hydrogen-bond donors (Lipinski definition) is 3. The molecule has 0 aromatic carbocycles. The number of carbonyl (C=O) groups is 2. The smallest absolute Gasteiger partial charge is 0.240 e. The number of nitrogens with two attached hydrogens (primary N) is 1. The van der Waals surface area contributed by atoms with Gasteiger partial charge in [-0.05, 0) is 13.3 Å². The van der Waals surface area contributed by atoms with E-state index >= 15 is 0 Å². The van der Waals surface area contributed by atoms with Gasteiger partial charge < -0.3 is 21.1 Å². The minimum atomic E-state index is -0.924. The molecule has 0 bridgehead atoms. The van der Waals surface area contributed by atoms with Gasteiger partial charge in [0.05, 0.1) is 6.10 Å². The maximum atomic E-state index is 12.3. The summed E-state index contributed by atoms with van der Waals surface area (Å²) in [6.07, 6.45) is 1.70. The molecule has 1 aliphatic rings. The third-order valence-corrected chi connectivity index (χ3v) is 4.44. The Morgan fingerprint density at radius 2 is 1.86 bits per heavy atom. The Kier molecular flexibility index (Phi) is 8.36. The maximum absolute atomic E-state index is 12.3. The molecule has 6 nitrogen and oxygen atoms in total. The molecule has 1 aliphatic carbocycles. The number of ether oxygens (including phenoxy) is 1. The Labute approximate surface area is 139 Å². The summed E-state index contributed by atoms with van der Waals surface area (Å²) in [5.74, 6) is -0.255. The summed E-state index contributed by atoms with van der Waals surface area (Å²) in [7, 11) is 0. The number of nitrogens with one attached hydrogen (secondary N) is 2. The Bertz CT molecular complexity index is 390. The van der Waals surface area contributed by atoms with Crippen LogP contribution in [0.25, 0.3) is 0 Å². The van der Waals surface area contributed by atoms with Gasteiger partial charge in [-0.25, -0.2) is 0 Å². The number of halogens is 1. The lowest BCUT2D eigenvalue weighted by molar-refractivity contribution is -0.170. The van der Waals surface area contributed by atoms with Gasteiger partial charge in [-0.1, -0.05) is 20.8 Å². The summed E-state index contributed by atoms with van der Waals surface area (Å²) >= 11 is 0. The first kappa shape index (κ1) is 21.1. The second-order valence-electron chi connectivity index (χ2n) is 6.20. The van der Waals surface area contributed by atoms with Gasteiger partial charge in [0.1, 0.15) is 5.54 Å². The molecule has 2 atom stereocenters. The molecule has 0 saturated heterocycles. The largest absolute Gasteiger partial charge is 0.378 e. The summed E-state index contributed by atoms with van der Waals surface area (Å²) in [5.41, 5.74) is 4.92. The minimum Gasteiger partial charge on any atom is -0.378 e. The molecule has 2 amide bonds. The number of carbonyl (C=O) groups excluding carboxylic acids is 2. The van der Waals surface area contributed by atoms with Crippen molar-refractivity contribution in [3.05, 3.63) is 0 Å². The van der Waals surface area contributed by atoms with Gasteiger partial charge in [0, 0.05) is 38.0 Å². The highest BCUT2D eigenvalue weighted by atomic mass is 35.5. The summed E-state index contributed by atoms with van der Waals surface area (Å²) in [5, 5.41) is 5.54. The van der Waals surface area contributed by atoms with Crippen LogP contribution in [0, 0.1) is 5.41 Å². The highest BCUT2D eigenvalue weighted by Gasteiger charge is 2.62. The molecule has 22 heavy (non-hydrogen) atoms. The van der Waals surface area contributed by atoms with Crippen molar-refractivity contribution < 1.29 is 14.3 Å². The molecular weight excluding hydrogens is 306 g/mol. The SMILES string of the molecule is CCCNC(=O)CCNC(=O)C1(N)CC(OCC)C1(C)C.Cl. The summed E-state index contributed by atoms with van der Waals surface area (Å²) in [6, 6.07) is 0. The lowest BCUT2D eigenvalue weighted by Crippen LogP contribution is -2.75. The number of amides is 2. The van der Waals surface area contributed by atoms with E-state index in [2.05, 4.69) is 10.6 Å². The molecule has 1 rings (SSSR count). The second-order valence-corrected chi connectivity index (χ2v) is 6.20. The lowest BCUT2D eigenvalue weighted by Gasteiger charge is -2.57. The van der Waals surface area contributed by atoms with Gasteiger partial charge in [-0.15, -0.1) is 12.4 Å². The number of rotatable bonds is 8. The van der Waals surface area contributed by atoms with Crippen LogP contribution in [0.15, 0.2) is 0 Å². The molecular formula is C15H30ClN3O3. The fraction of sp³-hybridized carbons (Fsp3) is 0.867. The monoisotopic (exact) mass is 335 g/mol. The summed E-state index contributed by atoms with van der Waals surface area (Å²) in [6.45, 7) is 9.41. The zero-order valence-electron chi connectivity index (χ0n) is 14.0. The van der Waals surface area contributed by atoms with Crippen LogP contribution in [0.3, 0.4) is 0 Å². The topological polar surface area (TPSA) is 93.5 Å². The van der Waals surface area contributed by atoms with Crippen LogP contribution < -0.4 is 16.4 Å². The predicted octanol–water partition coefficient (Wildman–Crippen LogP) is 0.973. The molecule has 0 radical (unpaired) electrons. The molecule has 0 aromatic rings. The summed E-state index contributed by atoms with van der Waals surface area (Å²) < 4.78 is 5.60. The molecule has 0 aliphatic heterocycles. The van der Waals surface area contributed by atoms with Crippen LogP contribution in [0.2, 0.25) is 0 Å². The van der Waals surface area contributed by atoms with Crippen LogP contribution in [0.4, 0.5) is 0 Å². The van der Waals surface area contributed by atoms with E-state index < -0.39 is 11.0 Å². The van der Waals surface area contributed by atoms with Gasteiger partial charge in [-0.2, -0.15) is 0 Å². The van der Waals surface area contributed by atoms with Crippen LogP contribution in [-0.2, 0) is 14.3 Å². The van der Waals surface area contributed by atoms with Gasteiger partial charge in [0.2, 0.25) is 11.8 Å². The zero-order valence-corrected chi connectivity index (χ0v) is 14.8. The van der Waals surface area contributed by atoms with Crippen molar-refractivity contribution in [1.82, 2.24) is 10.6 Å². The molecule has 0 heterocycles. The molecule has 4 N–H and O–H groups in total. The van der Waals surface area contributed by atoms with Gasteiger partial charge in [0.15, 0.2) is 0 Å². The Morgan fingerprint density at radius 3 is 2.36 bits per heavy atom. The lowest BCUT2D eigenvalue weighted by atomic mass is 9.54. The summed E-state index contributed by atoms with van der Waals surface area (Å²) in [4.78, 5) is 23.8. The molecule has 1 saturated carbocycles. The average Bonchev–Trinajstić information content (AvgIpc) is 2.44. The van der Waals surface area contributed by atoms with E-state index in [1.807, 2.05) is 27.7 Å². The minimum absolute atomic E-state index is 0. The molecule has 1 fully saturated rings. The standard InChI is InChI=1S/C15H29N3O3.ClH/c1-5-8-17-12(19)7-9-18-13(20)15(16)10-11(21-6-2)14(15,3)4;/h11H,5-10,16H2,1-4H3,(H,17,19)(H,18,20);1H. The highest BCUT2D eigenvalue weighted by Crippen LogP contribution is 2.49. The fourth-order valence-corrected chi connectivity index (χ4v) is 2.62. The van der Waals surface area contributed by atoms with E-state index in [4.69, 9.17) is 10.5 Å². The van der Waals surface area contributed by atoms with Crippen molar-refractivity contribution >= 4 is 24.2 Å². The van der Waals surface area contributed by atoms with Crippen LogP contribution in [-0.4, -0.2) is 43.2 Å². The quantitative estimate of drug-likeness (QED) is 0.616. The zero-order chi connectivity index (χ0) is 16.1. The van der Waals surface area contributed by atoms with E-state index in [1.54, 1.807) is 0 Å². The first-order valence-corrected chi connectivity index (χ1v) is 7.75. The van der Waals surface area contributed by atoms with Gasteiger partial charge in [0.25, 0.3) is 0 Å². The first-order valence-electron chi connectivity index (χ1n) is 7.75. The van der Waals surface area contributed by atoms with Crippen LogP contribution in [0.5, 0.6) is 0 Å². The fourth-order valence-electron chi connectivity index (χ4n) is 2.62.